The molecule has 0 saturated heterocycles. The second-order valence-electron chi connectivity index (χ2n) is 5.74. The minimum Gasteiger partial charge on any atom is -0.333 e. The van der Waals surface area contributed by atoms with Crippen LogP contribution in [0.2, 0.25) is 0 Å². The fourth-order valence-corrected chi connectivity index (χ4v) is 3.41. The SMILES string of the molecule is CCc1ccc(C(=O)C(C)Sc2nc3ccc(C)cc3[nH]2)cc1. The van der Waals surface area contributed by atoms with E-state index in [1.54, 1.807) is 0 Å². The number of hydrogen-bond acceptors (Lipinski definition) is 3. The number of benzene rings is 2. The molecule has 1 N–H and O–H groups in total. The van der Waals surface area contributed by atoms with Crippen LogP contribution in [0.1, 0.15) is 35.3 Å². The van der Waals surface area contributed by atoms with Gasteiger partial charge in [0.2, 0.25) is 0 Å². The van der Waals surface area contributed by atoms with Crippen LogP contribution in [0.3, 0.4) is 0 Å². The van der Waals surface area contributed by atoms with Crippen molar-refractivity contribution < 1.29 is 4.79 Å². The third kappa shape index (κ3) is 3.48. The molecule has 23 heavy (non-hydrogen) atoms. The molecule has 3 rings (SSSR count). The summed E-state index contributed by atoms with van der Waals surface area (Å²) >= 11 is 1.47. The lowest BCUT2D eigenvalue weighted by Crippen LogP contribution is -2.13. The molecular formula is C19H20N2OS. The number of aromatic amines is 1. The number of H-pyrrole nitrogens is 1. The summed E-state index contributed by atoms with van der Waals surface area (Å²) in [5, 5.41) is 0.612. The van der Waals surface area contributed by atoms with Gasteiger partial charge in [0.25, 0.3) is 0 Å². The molecule has 3 nitrogen and oxygen atoms in total. The van der Waals surface area contributed by atoms with Crippen molar-refractivity contribution in [3.05, 3.63) is 59.2 Å². The number of carbonyl (C=O) groups excluding carboxylic acids is 1. The molecule has 0 radical (unpaired) electrons. The average Bonchev–Trinajstić information content (AvgIpc) is 2.95. The number of carbonyl (C=O) groups is 1. The molecule has 118 valence electrons. The first-order valence-corrected chi connectivity index (χ1v) is 8.71. The van der Waals surface area contributed by atoms with Gasteiger partial charge in [-0.05, 0) is 43.5 Å². The molecule has 1 heterocycles. The molecule has 0 aliphatic carbocycles. The smallest absolute Gasteiger partial charge is 0.175 e. The maximum atomic E-state index is 12.6. The molecule has 3 aromatic rings. The topological polar surface area (TPSA) is 45.8 Å². The van der Waals surface area contributed by atoms with Crippen LogP contribution in [-0.2, 0) is 6.42 Å². The number of hydrogen-bond donors (Lipinski definition) is 1. The lowest BCUT2D eigenvalue weighted by Gasteiger charge is -2.08. The van der Waals surface area contributed by atoms with Crippen molar-refractivity contribution in [3.63, 3.8) is 0 Å². The summed E-state index contributed by atoms with van der Waals surface area (Å²) in [5.41, 5.74) is 5.14. The number of ketones is 1. The fraction of sp³-hybridized carbons (Fsp3) is 0.263. The van der Waals surface area contributed by atoms with E-state index < -0.39 is 0 Å². The summed E-state index contributed by atoms with van der Waals surface area (Å²) in [6.07, 6.45) is 0.983. The van der Waals surface area contributed by atoms with Gasteiger partial charge >= 0.3 is 0 Å². The predicted molar refractivity (Wildman–Crippen MR) is 96.3 cm³/mol. The number of fused-ring (bicyclic) bond motifs is 1. The Morgan fingerprint density at radius 3 is 2.65 bits per heavy atom. The van der Waals surface area contributed by atoms with Crippen LogP contribution in [0.5, 0.6) is 0 Å². The molecule has 0 fully saturated rings. The van der Waals surface area contributed by atoms with E-state index in [-0.39, 0.29) is 11.0 Å². The molecule has 4 heteroatoms. The van der Waals surface area contributed by atoms with Gasteiger partial charge < -0.3 is 4.98 Å². The van der Waals surface area contributed by atoms with Gasteiger partial charge in [-0.1, -0.05) is 49.0 Å². The first-order chi connectivity index (χ1) is 11.1. The van der Waals surface area contributed by atoms with Crippen LogP contribution < -0.4 is 0 Å². The van der Waals surface area contributed by atoms with Crippen LogP contribution in [0.25, 0.3) is 11.0 Å². The Morgan fingerprint density at radius 2 is 1.96 bits per heavy atom. The zero-order chi connectivity index (χ0) is 16.4. The van der Waals surface area contributed by atoms with Gasteiger partial charge in [0.15, 0.2) is 10.9 Å². The van der Waals surface area contributed by atoms with Crippen LogP contribution in [-0.4, -0.2) is 21.0 Å². The molecule has 0 bridgehead atoms. The van der Waals surface area contributed by atoms with Crippen molar-refractivity contribution in [2.75, 3.05) is 0 Å². The zero-order valence-corrected chi connectivity index (χ0v) is 14.4. The third-order valence-corrected chi connectivity index (χ3v) is 4.90. The number of aryl methyl sites for hydroxylation is 2. The average molecular weight is 324 g/mol. The van der Waals surface area contributed by atoms with Gasteiger partial charge in [0.05, 0.1) is 16.3 Å². The molecule has 0 spiro atoms. The van der Waals surface area contributed by atoms with E-state index in [0.717, 1.165) is 28.2 Å². The lowest BCUT2D eigenvalue weighted by molar-refractivity contribution is 0.0994. The largest absolute Gasteiger partial charge is 0.333 e. The van der Waals surface area contributed by atoms with Crippen molar-refractivity contribution in [2.45, 2.75) is 37.6 Å². The van der Waals surface area contributed by atoms with Crippen molar-refractivity contribution in [1.29, 1.82) is 0 Å². The quantitative estimate of drug-likeness (QED) is 0.542. The highest BCUT2D eigenvalue weighted by Crippen LogP contribution is 2.26. The Bertz CT molecular complexity index is 836. The van der Waals surface area contributed by atoms with E-state index in [0.29, 0.717) is 0 Å². The Hall–Kier alpha value is -2.07. The van der Waals surface area contributed by atoms with Crippen molar-refractivity contribution >= 4 is 28.6 Å². The van der Waals surface area contributed by atoms with Crippen LogP contribution in [0.4, 0.5) is 0 Å². The van der Waals surface area contributed by atoms with Gasteiger partial charge in [-0.25, -0.2) is 4.98 Å². The second-order valence-corrected chi connectivity index (χ2v) is 7.07. The van der Waals surface area contributed by atoms with Crippen molar-refractivity contribution in [2.24, 2.45) is 0 Å². The number of nitrogens with zero attached hydrogens (tertiary/aromatic N) is 1. The molecule has 0 saturated carbocycles. The molecule has 0 amide bonds. The summed E-state index contributed by atoms with van der Waals surface area (Å²) in [5.74, 6) is 0.134. The molecule has 1 unspecified atom stereocenters. The summed E-state index contributed by atoms with van der Waals surface area (Å²) < 4.78 is 0. The Balaban J connectivity index is 1.76. The summed E-state index contributed by atoms with van der Waals surface area (Å²) in [4.78, 5) is 20.4. The number of imidazole rings is 1. The lowest BCUT2D eigenvalue weighted by atomic mass is 10.1. The van der Waals surface area contributed by atoms with Crippen LogP contribution in [0.15, 0.2) is 47.6 Å². The Morgan fingerprint density at radius 1 is 1.22 bits per heavy atom. The van der Waals surface area contributed by atoms with Crippen molar-refractivity contribution in [1.82, 2.24) is 9.97 Å². The molecule has 0 aliphatic heterocycles. The number of rotatable bonds is 5. The fourth-order valence-electron chi connectivity index (χ4n) is 2.52. The second kappa shape index (κ2) is 6.59. The standard InChI is InChI=1S/C19H20N2OS/c1-4-14-6-8-15(9-7-14)18(22)13(3)23-19-20-16-10-5-12(2)11-17(16)21-19/h5-11,13H,4H2,1-3H3,(H,20,21). The highest BCUT2D eigenvalue weighted by Gasteiger charge is 2.18. The number of nitrogens with one attached hydrogen (secondary N) is 1. The zero-order valence-electron chi connectivity index (χ0n) is 13.6. The number of Topliss-reactive ketones (excluding diaryl/α,β-unsaturated/α-hetero) is 1. The van der Waals surface area contributed by atoms with Gasteiger partial charge in [0, 0.05) is 5.56 Å². The minimum atomic E-state index is -0.177. The van der Waals surface area contributed by atoms with Gasteiger partial charge in [0.1, 0.15) is 0 Å². The van der Waals surface area contributed by atoms with Crippen LogP contribution >= 0.6 is 11.8 Å². The molecular weight excluding hydrogens is 304 g/mol. The molecule has 0 aliphatic rings. The van der Waals surface area contributed by atoms with Gasteiger partial charge in [-0.2, -0.15) is 0 Å². The number of aromatic nitrogens is 2. The molecule has 1 aromatic heterocycles. The number of thioether (sulfide) groups is 1. The van der Waals surface area contributed by atoms with Gasteiger partial charge in [-0.15, -0.1) is 0 Å². The van der Waals surface area contributed by atoms with Crippen LogP contribution in [0, 0.1) is 6.92 Å². The first-order valence-electron chi connectivity index (χ1n) is 7.83. The van der Waals surface area contributed by atoms with E-state index in [9.17, 15) is 4.79 Å². The van der Waals surface area contributed by atoms with Gasteiger partial charge in [-0.3, -0.25) is 4.79 Å². The first kappa shape index (κ1) is 15.8. The monoisotopic (exact) mass is 324 g/mol. The molecule has 1 atom stereocenters. The summed E-state index contributed by atoms with van der Waals surface area (Å²) in [6, 6.07) is 14.0. The van der Waals surface area contributed by atoms with E-state index in [2.05, 4.69) is 29.9 Å². The van der Waals surface area contributed by atoms with Crippen molar-refractivity contribution in [3.8, 4) is 0 Å². The Kier molecular flexibility index (Phi) is 4.53. The highest BCUT2D eigenvalue weighted by atomic mass is 32.2. The molecule has 2 aromatic carbocycles. The van der Waals surface area contributed by atoms with E-state index in [1.165, 1.54) is 22.9 Å². The Labute approximate surface area is 140 Å². The third-order valence-electron chi connectivity index (χ3n) is 3.92. The van der Waals surface area contributed by atoms with E-state index in [4.69, 9.17) is 0 Å². The maximum absolute atomic E-state index is 12.6. The summed E-state index contributed by atoms with van der Waals surface area (Å²) in [6.45, 7) is 6.09. The predicted octanol–water partition coefficient (Wildman–Crippen LogP) is 4.80. The maximum Gasteiger partial charge on any atom is 0.175 e. The normalized spacial score (nSPS) is 12.5. The van der Waals surface area contributed by atoms with E-state index >= 15 is 0 Å². The minimum absolute atomic E-state index is 0.134. The summed E-state index contributed by atoms with van der Waals surface area (Å²) in [7, 11) is 0. The highest BCUT2D eigenvalue weighted by molar-refractivity contribution is 8.00. The van der Waals surface area contributed by atoms with E-state index in [1.807, 2.05) is 43.3 Å².